The van der Waals surface area contributed by atoms with Crippen molar-refractivity contribution < 1.29 is 9.53 Å². The summed E-state index contributed by atoms with van der Waals surface area (Å²) < 4.78 is 5.56. The molecule has 1 aromatic rings. The van der Waals surface area contributed by atoms with Crippen LogP contribution in [0.25, 0.3) is 0 Å². The smallest absolute Gasteiger partial charge is 0.221 e. The van der Waals surface area contributed by atoms with E-state index in [0.717, 1.165) is 29.6 Å². The third-order valence-electron chi connectivity index (χ3n) is 6.91. The second kappa shape index (κ2) is 6.85. The normalized spacial score (nSPS) is 36.0. The van der Waals surface area contributed by atoms with Crippen LogP contribution in [0.3, 0.4) is 0 Å². The van der Waals surface area contributed by atoms with Gasteiger partial charge >= 0.3 is 0 Å². The maximum absolute atomic E-state index is 12.9. The Labute approximate surface area is 165 Å². The number of carbonyl (C=O) groups excluding carboxylic acids is 1. The van der Waals surface area contributed by atoms with Crippen LogP contribution in [-0.2, 0) is 4.79 Å². The molecule has 1 N–H and O–H groups in total. The number of benzene rings is 1. The number of alkyl halides is 1. The fourth-order valence-electron chi connectivity index (χ4n) is 6.39. The van der Waals surface area contributed by atoms with Gasteiger partial charge in [0.2, 0.25) is 5.91 Å². The molecule has 3 atom stereocenters. The van der Waals surface area contributed by atoms with E-state index in [0.29, 0.717) is 10.7 Å². The zero-order valence-electron chi connectivity index (χ0n) is 15.9. The maximum Gasteiger partial charge on any atom is 0.221 e. The molecule has 4 aliphatic carbocycles. The number of methoxy groups -OCH3 is 1. The summed E-state index contributed by atoms with van der Waals surface area (Å²) in [7, 11) is 1.68. The van der Waals surface area contributed by atoms with E-state index in [-0.39, 0.29) is 17.4 Å². The van der Waals surface area contributed by atoms with Crippen molar-refractivity contribution in [2.75, 3.05) is 7.11 Å². The molecule has 4 fully saturated rings. The van der Waals surface area contributed by atoms with Crippen molar-refractivity contribution in [2.24, 2.45) is 17.3 Å². The molecule has 3 unspecified atom stereocenters. The van der Waals surface area contributed by atoms with E-state index >= 15 is 0 Å². The van der Waals surface area contributed by atoms with Gasteiger partial charge in [-0.3, -0.25) is 4.79 Å². The first-order chi connectivity index (χ1) is 12.4. The first kappa shape index (κ1) is 18.3. The highest BCUT2D eigenvalue weighted by atomic mass is 79.9. The van der Waals surface area contributed by atoms with E-state index in [1.165, 1.54) is 38.5 Å². The van der Waals surface area contributed by atoms with Gasteiger partial charge in [-0.05, 0) is 79.9 Å². The molecule has 0 aromatic heterocycles. The third kappa shape index (κ3) is 3.54. The highest BCUT2D eigenvalue weighted by Gasteiger charge is 2.57. The molecule has 4 bridgehead atoms. The van der Waals surface area contributed by atoms with E-state index in [4.69, 9.17) is 4.74 Å². The zero-order chi connectivity index (χ0) is 18.4. The lowest BCUT2D eigenvalue weighted by atomic mass is 9.48. The van der Waals surface area contributed by atoms with Crippen molar-refractivity contribution in [1.29, 1.82) is 0 Å². The van der Waals surface area contributed by atoms with Gasteiger partial charge < -0.3 is 10.1 Å². The second-order valence-corrected chi connectivity index (χ2v) is 10.8. The van der Waals surface area contributed by atoms with Crippen molar-refractivity contribution in [1.82, 2.24) is 5.32 Å². The van der Waals surface area contributed by atoms with Crippen LogP contribution < -0.4 is 10.1 Å². The highest BCUT2D eigenvalue weighted by molar-refractivity contribution is 9.10. The fraction of sp³-hybridized carbons (Fsp3) is 0.682. The number of nitrogens with one attached hydrogen (secondary N) is 1. The summed E-state index contributed by atoms with van der Waals surface area (Å²) in [6.07, 6.45) is 9.30. The van der Waals surface area contributed by atoms with Gasteiger partial charge in [-0.15, -0.1) is 0 Å². The first-order valence-corrected chi connectivity index (χ1v) is 10.8. The maximum atomic E-state index is 12.9. The van der Waals surface area contributed by atoms with Gasteiger partial charge in [-0.2, -0.15) is 0 Å². The molecule has 0 aliphatic heterocycles. The number of amides is 1. The summed E-state index contributed by atoms with van der Waals surface area (Å²) in [5, 5.41) is 3.31. The number of ether oxygens (including phenoxy) is 1. The van der Waals surface area contributed by atoms with E-state index in [2.05, 4.69) is 40.3 Å². The Morgan fingerprint density at radius 1 is 1.23 bits per heavy atom. The highest BCUT2D eigenvalue weighted by Crippen LogP contribution is 2.65. The van der Waals surface area contributed by atoms with Crippen LogP contribution in [0, 0.1) is 17.3 Å². The number of rotatable bonds is 6. The molecule has 4 heteroatoms. The minimum atomic E-state index is 0.0836. The van der Waals surface area contributed by atoms with Crippen LogP contribution in [0.4, 0.5) is 0 Å². The van der Waals surface area contributed by atoms with Crippen LogP contribution in [0.5, 0.6) is 5.75 Å². The molecule has 142 valence electrons. The number of halogens is 1. The largest absolute Gasteiger partial charge is 0.497 e. The van der Waals surface area contributed by atoms with Gasteiger partial charge in [0.05, 0.1) is 13.2 Å². The lowest BCUT2D eigenvalue weighted by molar-refractivity contribution is -0.129. The molecule has 1 aromatic carbocycles. The fourth-order valence-corrected chi connectivity index (χ4v) is 7.90. The molecule has 0 saturated heterocycles. The standard InChI is InChI=1S/C22H30BrNO2/c1-3-19(17-4-6-18(26-2)7-5-17)24-20(25)13-21-9-15-8-16(10-21)12-22(23,11-15)14-21/h4-7,15-16,19H,3,8-14H2,1-2H3,(H,24,25). The molecular formula is C22H30BrNO2. The third-order valence-corrected chi connectivity index (χ3v) is 7.84. The molecule has 3 nitrogen and oxygen atoms in total. The minimum Gasteiger partial charge on any atom is -0.497 e. The number of carbonyl (C=O) groups is 1. The van der Waals surface area contributed by atoms with Crippen molar-refractivity contribution in [3.8, 4) is 5.75 Å². The molecule has 0 spiro atoms. The van der Waals surface area contributed by atoms with Crippen LogP contribution in [-0.4, -0.2) is 17.3 Å². The van der Waals surface area contributed by atoms with Crippen molar-refractivity contribution >= 4 is 21.8 Å². The van der Waals surface area contributed by atoms with E-state index in [1.54, 1.807) is 7.11 Å². The summed E-state index contributed by atoms with van der Waals surface area (Å²) in [6.45, 7) is 2.13. The van der Waals surface area contributed by atoms with Crippen molar-refractivity contribution in [3.63, 3.8) is 0 Å². The van der Waals surface area contributed by atoms with Gasteiger partial charge in [-0.25, -0.2) is 0 Å². The lowest BCUT2D eigenvalue weighted by Gasteiger charge is -2.60. The Hall–Kier alpha value is -1.03. The summed E-state index contributed by atoms with van der Waals surface area (Å²) in [5.74, 6) is 2.73. The Bertz CT molecular complexity index is 657. The Kier molecular flexibility index (Phi) is 4.83. The van der Waals surface area contributed by atoms with Gasteiger partial charge in [0.15, 0.2) is 0 Å². The first-order valence-electron chi connectivity index (χ1n) is 10.0. The Morgan fingerprint density at radius 2 is 1.88 bits per heavy atom. The summed E-state index contributed by atoms with van der Waals surface area (Å²) in [5.41, 5.74) is 1.39. The molecule has 0 radical (unpaired) electrons. The number of hydrogen-bond acceptors (Lipinski definition) is 2. The van der Waals surface area contributed by atoms with Gasteiger partial charge in [0, 0.05) is 10.7 Å². The summed E-state index contributed by atoms with van der Waals surface area (Å²) in [4.78, 5) is 12.9. The Balaban J connectivity index is 1.43. The molecule has 5 rings (SSSR count). The minimum absolute atomic E-state index is 0.0836. The van der Waals surface area contributed by atoms with Crippen LogP contribution >= 0.6 is 15.9 Å². The predicted octanol–water partition coefficient (Wildman–Crippen LogP) is 5.39. The predicted molar refractivity (Wildman–Crippen MR) is 108 cm³/mol. The molecule has 4 aliphatic rings. The van der Waals surface area contributed by atoms with Crippen LogP contribution in [0.15, 0.2) is 24.3 Å². The lowest BCUT2D eigenvalue weighted by Crippen LogP contribution is -2.54. The molecule has 4 saturated carbocycles. The van der Waals surface area contributed by atoms with E-state index in [1.807, 2.05) is 12.1 Å². The number of hydrogen-bond donors (Lipinski definition) is 1. The average molecular weight is 420 g/mol. The van der Waals surface area contributed by atoms with Crippen molar-refractivity contribution in [2.45, 2.75) is 68.7 Å². The SMILES string of the molecule is CCC(NC(=O)CC12CC3CC(CC(Br)(C3)C1)C2)c1ccc(OC)cc1. The van der Waals surface area contributed by atoms with E-state index < -0.39 is 0 Å². The van der Waals surface area contributed by atoms with Gasteiger partial charge in [0.25, 0.3) is 0 Å². The molecule has 1 amide bonds. The zero-order valence-corrected chi connectivity index (χ0v) is 17.5. The second-order valence-electron chi connectivity index (χ2n) is 9.09. The molecular weight excluding hydrogens is 390 g/mol. The van der Waals surface area contributed by atoms with E-state index in [9.17, 15) is 4.79 Å². The Morgan fingerprint density at radius 3 is 2.42 bits per heavy atom. The molecule has 0 heterocycles. The van der Waals surface area contributed by atoms with Gasteiger partial charge in [-0.1, -0.05) is 35.0 Å². The topological polar surface area (TPSA) is 38.3 Å². The van der Waals surface area contributed by atoms with Gasteiger partial charge in [0.1, 0.15) is 5.75 Å². The monoisotopic (exact) mass is 419 g/mol. The van der Waals surface area contributed by atoms with Crippen LogP contribution in [0.1, 0.15) is 69.9 Å². The summed E-state index contributed by atoms with van der Waals surface area (Å²) in [6, 6.07) is 8.15. The average Bonchev–Trinajstić information content (AvgIpc) is 2.57. The quantitative estimate of drug-likeness (QED) is 0.627. The molecule has 26 heavy (non-hydrogen) atoms. The van der Waals surface area contributed by atoms with Crippen molar-refractivity contribution in [3.05, 3.63) is 29.8 Å². The summed E-state index contributed by atoms with van der Waals surface area (Å²) >= 11 is 4.05. The van der Waals surface area contributed by atoms with Crippen LogP contribution in [0.2, 0.25) is 0 Å².